The topological polar surface area (TPSA) is 103 Å². The van der Waals surface area contributed by atoms with Crippen molar-refractivity contribution in [3.8, 4) is 0 Å². The first-order valence-corrected chi connectivity index (χ1v) is 8.79. The standard InChI is InChI=1S/C17H32N2O6/c1-3-16(21)18-8-6-4-5-7-15(20)13-25-12-11-24-10-9-19-17(22)14-23-2/h3-14H2,1-2H3,(H,18,21)(H,19,22). The zero-order chi connectivity index (χ0) is 18.8. The number of amides is 2. The molecular weight excluding hydrogens is 328 g/mol. The number of nitrogens with one attached hydrogen (secondary N) is 2. The summed E-state index contributed by atoms with van der Waals surface area (Å²) in [6, 6.07) is 0. The van der Waals surface area contributed by atoms with Gasteiger partial charge in [0, 0.05) is 33.0 Å². The highest BCUT2D eigenvalue weighted by atomic mass is 16.5. The van der Waals surface area contributed by atoms with E-state index in [1.165, 1.54) is 7.11 Å². The summed E-state index contributed by atoms with van der Waals surface area (Å²) < 4.78 is 15.2. The maximum Gasteiger partial charge on any atom is 0.246 e. The molecule has 0 aromatic rings. The van der Waals surface area contributed by atoms with Crippen molar-refractivity contribution in [1.82, 2.24) is 10.6 Å². The second-order valence-electron chi connectivity index (χ2n) is 5.50. The van der Waals surface area contributed by atoms with E-state index in [9.17, 15) is 14.4 Å². The summed E-state index contributed by atoms with van der Waals surface area (Å²) in [7, 11) is 1.46. The molecule has 8 heteroatoms. The van der Waals surface area contributed by atoms with E-state index >= 15 is 0 Å². The summed E-state index contributed by atoms with van der Waals surface area (Å²) in [4.78, 5) is 33.7. The molecule has 25 heavy (non-hydrogen) atoms. The number of Topliss-reactive ketones (excluding diaryl/α,β-unsaturated/α-hetero) is 1. The third-order valence-corrected chi connectivity index (χ3v) is 3.25. The minimum absolute atomic E-state index is 0.0403. The van der Waals surface area contributed by atoms with Gasteiger partial charge in [-0.2, -0.15) is 0 Å². The Morgan fingerprint density at radius 2 is 1.52 bits per heavy atom. The van der Waals surface area contributed by atoms with Crippen molar-refractivity contribution in [2.24, 2.45) is 0 Å². The van der Waals surface area contributed by atoms with Gasteiger partial charge in [0.2, 0.25) is 11.8 Å². The van der Waals surface area contributed by atoms with Crippen molar-refractivity contribution in [3.63, 3.8) is 0 Å². The van der Waals surface area contributed by atoms with Gasteiger partial charge >= 0.3 is 0 Å². The largest absolute Gasteiger partial charge is 0.377 e. The van der Waals surface area contributed by atoms with Gasteiger partial charge in [-0.15, -0.1) is 0 Å². The molecule has 2 N–H and O–H groups in total. The molecule has 0 aliphatic carbocycles. The van der Waals surface area contributed by atoms with Crippen LogP contribution in [-0.2, 0) is 28.6 Å². The molecule has 0 aromatic carbocycles. The van der Waals surface area contributed by atoms with Crippen LogP contribution < -0.4 is 10.6 Å². The van der Waals surface area contributed by atoms with Crippen molar-refractivity contribution in [1.29, 1.82) is 0 Å². The SMILES string of the molecule is CCC(=O)NCCCCCC(=O)COCCOCCNC(=O)COC. The molecule has 0 heterocycles. The molecular formula is C17H32N2O6. The Morgan fingerprint density at radius 1 is 0.800 bits per heavy atom. The number of hydrogen-bond acceptors (Lipinski definition) is 6. The van der Waals surface area contributed by atoms with Gasteiger partial charge in [0.1, 0.15) is 13.2 Å². The van der Waals surface area contributed by atoms with Crippen LogP contribution >= 0.6 is 0 Å². The number of unbranched alkanes of at least 4 members (excludes halogenated alkanes) is 2. The summed E-state index contributed by atoms with van der Waals surface area (Å²) in [5.74, 6) is -0.0471. The Hall–Kier alpha value is -1.51. The lowest BCUT2D eigenvalue weighted by atomic mass is 10.1. The predicted molar refractivity (Wildman–Crippen MR) is 93.3 cm³/mol. The molecule has 0 atom stereocenters. The molecule has 0 aromatic heterocycles. The van der Waals surface area contributed by atoms with Crippen LogP contribution in [0.1, 0.15) is 39.0 Å². The normalized spacial score (nSPS) is 10.5. The lowest BCUT2D eigenvalue weighted by Crippen LogP contribution is -2.30. The van der Waals surface area contributed by atoms with E-state index < -0.39 is 0 Å². The first-order valence-electron chi connectivity index (χ1n) is 8.79. The van der Waals surface area contributed by atoms with Crippen molar-refractivity contribution < 1.29 is 28.6 Å². The number of carbonyl (C=O) groups excluding carboxylic acids is 3. The Kier molecular flexibility index (Phi) is 16.3. The van der Waals surface area contributed by atoms with Crippen LogP contribution in [0.25, 0.3) is 0 Å². The molecule has 0 aliphatic heterocycles. The average molecular weight is 360 g/mol. The van der Waals surface area contributed by atoms with E-state index in [0.29, 0.717) is 45.8 Å². The first-order chi connectivity index (χ1) is 12.1. The Bertz CT molecular complexity index is 376. The molecule has 0 saturated heterocycles. The number of carbonyl (C=O) groups is 3. The lowest BCUT2D eigenvalue weighted by Gasteiger charge is -2.07. The molecule has 0 radical (unpaired) electrons. The number of ether oxygens (including phenoxy) is 3. The van der Waals surface area contributed by atoms with Crippen LogP contribution in [0.5, 0.6) is 0 Å². The number of ketones is 1. The van der Waals surface area contributed by atoms with Crippen molar-refractivity contribution in [2.75, 3.05) is 53.2 Å². The van der Waals surface area contributed by atoms with E-state index in [4.69, 9.17) is 9.47 Å². The first kappa shape index (κ1) is 23.5. The molecule has 0 bridgehead atoms. The van der Waals surface area contributed by atoms with Crippen molar-refractivity contribution in [3.05, 3.63) is 0 Å². The Morgan fingerprint density at radius 3 is 2.24 bits per heavy atom. The molecule has 8 nitrogen and oxygen atoms in total. The fourth-order valence-corrected chi connectivity index (χ4v) is 1.90. The van der Waals surface area contributed by atoms with Gasteiger partial charge < -0.3 is 24.8 Å². The van der Waals surface area contributed by atoms with Gasteiger partial charge in [-0.3, -0.25) is 14.4 Å². The highest BCUT2D eigenvalue weighted by molar-refractivity contribution is 5.79. The fourth-order valence-electron chi connectivity index (χ4n) is 1.90. The van der Waals surface area contributed by atoms with Crippen LogP contribution in [-0.4, -0.2) is 70.8 Å². The van der Waals surface area contributed by atoms with E-state index in [1.54, 1.807) is 0 Å². The summed E-state index contributed by atoms with van der Waals surface area (Å²) >= 11 is 0. The molecule has 0 fully saturated rings. The molecule has 0 saturated carbocycles. The minimum atomic E-state index is -0.180. The van der Waals surface area contributed by atoms with Crippen LogP contribution in [0, 0.1) is 0 Å². The van der Waals surface area contributed by atoms with Crippen molar-refractivity contribution in [2.45, 2.75) is 39.0 Å². The quantitative estimate of drug-likeness (QED) is 0.365. The lowest BCUT2D eigenvalue weighted by molar-refractivity contribution is -0.125. The summed E-state index contributed by atoms with van der Waals surface area (Å²) in [5.41, 5.74) is 0. The molecule has 2 amide bonds. The fraction of sp³-hybridized carbons (Fsp3) is 0.824. The predicted octanol–water partition coefficient (Wildman–Crippen LogP) is 0.438. The summed E-state index contributed by atoms with van der Waals surface area (Å²) in [5, 5.41) is 5.44. The van der Waals surface area contributed by atoms with Crippen LogP contribution in [0.4, 0.5) is 0 Å². The van der Waals surface area contributed by atoms with Gasteiger partial charge in [-0.05, 0) is 12.8 Å². The van der Waals surface area contributed by atoms with E-state index in [0.717, 1.165) is 19.3 Å². The van der Waals surface area contributed by atoms with Crippen LogP contribution in [0.2, 0.25) is 0 Å². The Labute approximate surface area is 150 Å². The highest BCUT2D eigenvalue weighted by Crippen LogP contribution is 2.00. The number of methoxy groups -OCH3 is 1. The molecule has 146 valence electrons. The highest BCUT2D eigenvalue weighted by Gasteiger charge is 2.03. The van der Waals surface area contributed by atoms with E-state index in [2.05, 4.69) is 15.4 Å². The molecule has 0 spiro atoms. The maximum absolute atomic E-state index is 11.6. The van der Waals surface area contributed by atoms with Gasteiger partial charge in [-0.25, -0.2) is 0 Å². The summed E-state index contributed by atoms with van der Waals surface area (Å²) in [6.45, 7) is 4.16. The second kappa shape index (κ2) is 17.3. The van der Waals surface area contributed by atoms with E-state index in [-0.39, 0.29) is 30.8 Å². The molecule has 0 unspecified atom stereocenters. The monoisotopic (exact) mass is 360 g/mol. The number of hydrogen-bond donors (Lipinski definition) is 2. The maximum atomic E-state index is 11.6. The van der Waals surface area contributed by atoms with Crippen LogP contribution in [0.15, 0.2) is 0 Å². The zero-order valence-electron chi connectivity index (χ0n) is 15.4. The van der Waals surface area contributed by atoms with Gasteiger partial charge in [0.15, 0.2) is 5.78 Å². The van der Waals surface area contributed by atoms with E-state index in [1.807, 2.05) is 6.92 Å². The van der Waals surface area contributed by atoms with Crippen molar-refractivity contribution >= 4 is 17.6 Å². The third kappa shape index (κ3) is 17.1. The van der Waals surface area contributed by atoms with Gasteiger partial charge in [0.25, 0.3) is 0 Å². The van der Waals surface area contributed by atoms with Crippen LogP contribution in [0.3, 0.4) is 0 Å². The second-order valence-corrected chi connectivity index (χ2v) is 5.50. The third-order valence-electron chi connectivity index (χ3n) is 3.25. The number of rotatable bonds is 17. The smallest absolute Gasteiger partial charge is 0.246 e. The minimum Gasteiger partial charge on any atom is -0.377 e. The van der Waals surface area contributed by atoms with Gasteiger partial charge in [-0.1, -0.05) is 13.3 Å². The molecule has 0 rings (SSSR count). The Balaban J connectivity index is 3.28. The average Bonchev–Trinajstić information content (AvgIpc) is 2.60. The summed E-state index contributed by atoms with van der Waals surface area (Å²) in [6.07, 6.45) is 3.60. The molecule has 0 aliphatic rings. The van der Waals surface area contributed by atoms with Gasteiger partial charge in [0.05, 0.1) is 19.8 Å². The zero-order valence-corrected chi connectivity index (χ0v) is 15.4.